The maximum atomic E-state index is 13.0. The third kappa shape index (κ3) is 3.93. The Hall–Kier alpha value is -2.37. The van der Waals surface area contributed by atoms with E-state index in [1.807, 2.05) is 20.8 Å². The van der Waals surface area contributed by atoms with E-state index in [0.29, 0.717) is 18.5 Å². The first-order chi connectivity index (χ1) is 11.2. The Morgan fingerprint density at radius 1 is 1.29 bits per heavy atom. The van der Waals surface area contributed by atoms with Crippen LogP contribution in [0.3, 0.4) is 0 Å². The summed E-state index contributed by atoms with van der Waals surface area (Å²) in [4.78, 5) is 37.0. The molecule has 3 N–H and O–H groups in total. The van der Waals surface area contributed by atoms with Gasteiger partial charge in [-0.2, -0.15) is 0 Å². The Kier molecular flexibility index (Phi) is 5.26. The van der Waals surface area contributed by atoms with Gasteiger partial charge in [0.2, 0.25) is 11.8 Å². The second-order valence-electron chi connectivity index (χ2n) is 7.28. The zero-order chi connectivity index (χ0) is 17.9. The van der Waals surface area contributed by atoms with Crippen LogP contribution in [0.5, 0.6) is 0 Å². The highest BCUT2D eigenvalue weighted by Gasteiger charge is 2.40. The van der Waals surface area contributed by atoms with Gasteiger partial charge < -0.3 is 16.0 Å². The number of nitrogens with two attached hydrogens (primary N) is 1. The van der Waals surface area contributed by atoms with Crippen LogP contribution in [0.4, 0.5) is 5.69 Å². The summed E-state index contributed by atoms with van der Waals surface area (Å²) in [5.74, 6) is -0.577. The average molecular weight is 331 g/mol. The van der Waals surface area contributed by atoms with Gasteiger partial charge in [0.1, 0.15) is 18.4 Å². The van der Waals surface area contributed by atoms with Gasteiger partial charge in [0, 0.05) is 17.8 Å². The lowest BCUT2D eigenvalue weighted by molar-refractivity contribution is -0.139. The first-order valence-corrected chi connectivity index (χ1v) is 8.15. The fourth-order valence-electron chi connectivity index (χ4n) is 2.97. The monoisotopic (exact) mass is 331 g/mol. The number of primary amides is 1. The molecule has 0 spiro atoms. The Morgan fingerprint density at radius 3 is 2.42 bits per heavy atom. The number of likely N-dealkylation sites (tertiary alicyclic amines) is 1. The van der Waals surface area contributed by atoms with Crippen molar-refractivity contribution in [3.63, 3.8) is 0 Å². The number of aldehydes is 1. The number of amides is 2. The van der Waals surface area contributed by atoms with Crippen molar-refractivity contribution in [1.82, 2.24) is 4.90 Å². The maximum Gasteiger partial charge on any atom is 0.246 e. The lowest BCUT2D eigenvalue weighted by Gasteiger charge is -2.35. The maximum absolute atomic E-state index is 13.0. The van der Waals surface area contributed by atoms with Gasteiger partial charge in [-0.05, 0) is 42.5 Å². The molecular formula is C18H25N3O3. The molecule has 0 aromatic heterocycles. The summed E-state index contributed by atoms with van der Waals surface area (Å²) in [6, 6.07) is 5.90. The predicted octanol–water partition coefficient (Wildman–Crippen LogP) is 1.80. The highest BCUT2D eigenvalue weighted by atomic mass is 16.2. The van der Waals surface area contributed by atoms with Crippen LogP contribution in [0.25, 0.3) is 0 Å². The average Bonchev–Trinajstić information content (AvgIpc) is 3.01. The van der Waals surface area contributed by atoms with Crippen LogP contribution in [-0.4, -0.2) is 41.6 Å². The molecule has 1 aromatic carbocycles. The van der Waals surface area contributed by atoms with E-state index in [0.717, 1.165) is 18.4 Å². The third-order valence-electron chi connectivity index (χ3n) is 4.34. The van der Waals surface area contributed by atoms with Crippen molar-refractivity contribution >= 4 is 23.8 Å². The Bertz CT molecular complexity index is 619. The smallest absolute Gasteiger partial charge is 0.246 e. The molecule has 1 aliphatic heterocycles. The number of hydrogen-bond donors (Lipinski definition) is 2. The number of nitrogens with one attached hydrogen (secondary N) is 1. The van der Waals surface area contributed by atoms with Gasteiger partial charge in [-0.1, -0.05) is 20.8 Å². The van der Waals surface area contributed by atoms with Gasteiger partial charge >= 0.3 is 0 Å². The molecule has 6 nitrogen and oxygen atoms in total. The Morgan fingerprint density at radius 2 is 1.92 bits per heavy atom. The quantitative estimate of drug-likeness (QED) is 0.805. The van der Waals surface area contributed by atoms with E-state index in [-0.39, 0.29) is 11.3 Å². The van der Waals surface area contributed by atoms with Crippen molar-refractivity contribution in [2.24, 2.45) is 11.1 Å². The predicted molar refractivity (Wildman–Crippen MR) is 92.6 cm³/mol. The van der Waals surface area contributed by atoms with Gasteiger partial charge in [-0.15, -0.1) is 0 Å². The molecule has 2 atom stereocenters. The normalized spacial score (nSPS) is 19.0. The van der Waals surface area contributed by atoms with Crippen LogP contribution in [0.1, 0.15) is 44.0 Å². The lowest BCUT2D eigenvalue weighted by atomic mass is 9.85. The highest BCUT2D eigenvalue weighted by molar-refractivity contribution is 5.91. The summed E-state index contributed by atoms with van der Waals surface area (Å²) in [5.41, 5.74) is 6.41. The summed E-state index contributed by atoms with van der Waals surface area (Å²) in [6.45, 7) is 6.46. The topological polar surface area (TPSA) is 92.5 Å². The number of rotatable bonds is 5. The number of carbonyl (C=O) groups excluding carboxylic acids is 3. The first-order valence-electron chi connectivity index (χ1n) is 8.15. The molecule has 1 aliphatic rings. The summed E-state index contributed by atoms with van der Waals surface area (Å²) >= 11 is 0. The number of hydrogen-bond acceptors (Lipinski definition) is 4. The fourth-order valence-corrected chi connectivity index (χ4v) is 2.97. The molecule has 0 bridgehead atoms. The van der Waals surface area contributed by atoms with Crippen molar-refractivity contribution in [2.75, 3.05) is 11.9 Å². The molecular weight excluding hydrogens is 306 g/mol. The van der Waals surface area contributed by atoms with Crippen molar-refractivity contribution in [1.29, 1.82) is 0 Å². The SMILES string of the molecule is CC(C)(C)C(Nc1ccc(C=O)cc1)C(=O)N1CCC[C@H]1C(N)=O. The van der Waals surface area contributed by atoms with Crippen molar-refractivity contribution in [2.45, 2.75) is 45.7 Å². The summed E-state index contributed by atoms with van der Waals surface area (Å²) in [6.07, 6.45) is 2.17. The van der Waals surface area contributed by atoms with Gasteiger partial charge in [-0.25, -0.2) is 0 Å². The largest absolute Gasteiger partial charge is 0.373 e. The Balaban J connectivity index is 2.23. The van der Waals surface area contributed by atoms with Gasteiger partial charge in [-0.3, -0.25) is 14.4 Å². The zero-order valence-electron chi connectivity index (χ0n) is 14.4. The second-order valence-corrected chi connectivity index (χ2v) is 7.28. The van der Waals surface area contributed by atoms with Crippen molar-refractivity contribution in [3.05, 3.63) is 29.8 Å². The van der Waals surface area contributed by atoms with Crippen molar-refractivity contribution < 1.29 is 14.4 Å². The first kappa shape index (κ1) is 18.0. The van der Waals surface area contributed by atoms with E-state index in [4.69, 9.17) is 5.73 Å². The molecule has 2 amide bonds. The summed E-state index contributed by atoms with van der Waals surface area (Å²) in [5, 5.41) is 3.25. The minimum atomic E-state index is -0.526. The van der Waals surface area contributed by atoms with Crippen LogP contribution < -0.4 is 11.1 Å². The summed E-state index contributed by atoms with van der Waals surface area (Å²) in [7, 11) is 0. The molecule has 0 saturated carbocycles. The summed E-state index contributed by atoms with van der Waals surface area (Å²) < 4.78 is 0. The Labute approximate surface area is 142 Å². The van der Waals surface area contributed by atoms with E-state index in [2.05, 4.69) is 5.32 Å². The third-order valence-corrected chi connectivity index (χ3v) is 4.34. The molecule has 1 fully saturated rings. The molecule has 0 radical (unpaired) electrons. The molecule has 6 heteroatoms. The number of benzene rings is 1. The molecule has 2 rings (SSSR count). The number of carbonyl (C=O) groups is 3. The van der Waals surface area contributed by atoms with Gasteiger partial charge in [0.25, 0.3) is 0 Å². The molecule has 24 heavy (non-hydrogen) atoms. The van der Waals surface area contributed by atoms with Gasteiger partial charge in [0.15, 0.2) is 0 Å². The van der Waals surface area contributed by atoms with Crippen LogP contribution in [0.2, 0.25) is 0 Å². The molecule has 1 aromatic rings. The molecule has 130 valence electrons. The van der Waals surface area contributed by atoms with E-state index in [1.165, 1.54) is 0 Å². The number of nitrogens with zero attached hydrogens (tertiary/aromatic N) is 1. The van der Waals surface area contributed by atoms with E-state index < -0.39 is 18.0 Å². The van der Waals surface area contributed by atoms with E-state index in [1.54, 1.807) is 29.2 Å². The minimum absolute atomic E-state index is 0.122. The minimum Gasteiger partial charge on any atom is -0.373 e. The standard InChI is InChI=1S/C18H25N3O3/c1-18(2,3)15(20-13-8-6-12(11-22)7-9-13)17(24)21-10-4-5-14(21)16(19)23/h6-9,11,14-15,20H,4-5,10H2,1-3H3,(H2,19,23)/t14-,15?/m0/s1. The van der Waals surface area contributed by atoms with Gasteiger partial charge in [0.05, 0.1) is 0 Å². The molecule has 1 heterocycles. The second kappa shape index (κ2) is 7.03. The highest BCUT2D eigenvalue weighted by Crippen LogP contribution is 2.28. The van der Waals surface area contributed by atoms with Crippen molar-refractivity contribution in [3.8, 4) is 0 Å². The molecule has 1 saturated heterocycles. The van der Waals surface area contributed by atoms with Crippen LogP contribution in [0.15, 0.2) is 24.3 Å². The molecule has 0 aliphatic carbocycles. The number of anilines is 1. The van der Waals surface area contributed by atoms with Crippen LogP contribution >= 0.6 is 0 Å². The molecule has 1 unspecified atom stereocenters. The van der Waals surface area contributed by atoms with E-state index in [9.17, 15) is 14.4 Å². The zero-order valence-corrected chi connectivity index (χ0v) is 14.4. The fraction of sp³-hybridized carbons (Fsp3) is 0.500. The van der Waals surface area contributed by atoms with Crippen LogP contribution in [-0.2, 0) is 9.59 Å². The van der Waals surface area contributed by atoms with Crippen LogP contribution in [0, 0.1) is 5.41 Å². The lowest BCUT2D eigenvalue weighted by Crippen LogP contribution is -2.53. The van der Waals surface area contributed by atoms with E-state index >= 15 is 0 Å².